The van der Waals surface area contributed by atoms with Crippen LogP contribution in [-0.2, 0) is 0 Å². The summed E-state index contributed by atoms with van der Waals surface area (Å²) in [5.41, 5.74) is 7.22. The quantitative estimate of drug-likeness (QED) is 0.763. The highest BCUT2D eigenvalue weighted by molar-refractivity contribution is 6.30. The summed E-state index contributed by atoms with van der Waals surface area (Å²) >= 11 is 5.97. The van der Waals surface area contributed by atoms with Gasteiger partial charge in [0.1, 0.15) is 5.15 Å². The smallest absolute Gasteiger partial charge is 0.134 e. The maximum absolute atomic E-state index is 8.97. The molecule has 0 aliphatic rings. The van der Waals surface area contributed by atoms with E-state index in [1.54, 1.807) is 0 Å². The predicted molar refractivity (Wildman–Crippen MR) is 60.8 cm³/mol. The van der Waals surface area contributed by atoms with Crippen LogP contribution in [0.15, 0.2) is 30.3 Å². The SMILES string of the molecule is NC(CO)c1cc2ccccc2nc1Cl. The molecule has 1 heterocycles. The highest BCUT2D eigenvalue weighted by atomic mass is 35.5. The number of aliphatic hydroxyl groups excluding tert-OH is 1. The molecule has 15 heavy (non-hydrogen) atoms. The minimum Gasteiger partial charge on any atom is -0.394 e. The molecule has 78 valence electrons. The molecule has 0 aliphatic carbocycles. The first-order chi connectivity index (χ1) is 7.22. The fourth-order valence-corrected chi connectivity index (χ4v) is 1.75. The van der Waals surface area contributed by atoms with Crippen LogP contribution >= 0.6 is 11.6 Å². The molecule has 0 aliphatic heterocycles. The number of fused-ring (bicyclic) bond motifs is 1. The van der Waals surface area contributed by atoms with E-state index in [9.17, 15) is 0 Å². The molecule has 0 amide bonds. The predicted octanol–water partition coefficient (Wildman–Crippen LogP) is 1.88. The Kier molecular flexibility index (Phi) is 2.86. The van der Waals surface area contributed by atoms with Gasteiger partial charge in [0.15, 0.2) is 0 Å². The van der Waals surface area contributed by atoms with Crippen LogP contribution in [-0.4, -0.2) is 16.7 Å². The van der Waals surface area contributed by atoms with Gasteiger partial charge in [0.05, 0.1) is 18.2 Å². The van der Waals surface area contributed by atoms with Crippen molar-refractivity contribution < 1.29 is 5.11 Å². The van der Waals surface area contributed by atoms with Crippen molar-refractivity contribution in [1.82, 2.24) is 4.98 Å². The van der Waals surface area contributed by atoms with E-state index in [4.69, 9.17) is 22.4 Å². The van der Waals surface area contributed by atoms with Crippen molar-refractivity contribution >= 4 is 22.5 Å². The van der Waals surface area contributed by atoms with Crippen LogP contribution in [0, 0.1) is 0 Å². The van der Waals surface area contributed by atoms with Gasteiger partial charge in [-0.05, 0) is 12.1 Å². The Labute approximate surface area is 92.5 Å². The summed E-state index contributed by atoms with van der Waals surface area (Å²) < 4.78 is 0. The molecule has 4 heteroatoms. The van der Waals surface area contributed by atoms with Crippen LogP contribution in [0.25, 0.3) is 10.9 Å². The topological polar surface area (TPSA) is 59.1 Å². The summed E-state index contributed by atoms with van der Waals surface area (Å²) in [5, 5.41) is 10.3. The number of rotatable bonds is 2. The Balaban J connectivity index is 2.61. The maximum atomic E-state index is 8.97. The maximum Gasteiger partial charge on any atom is 0.134 e. The van der Waals surface area contributed by atoms with Gasteiger partial charge in [-0.15, -0.1) is 0 Å². The number of aromatic nitrogens is 1. The first kappa shape index (κ1) is 10.4. The first-order valence-electron chi connectivity index (χ1n) is 4.64. The highest BCUT2D eigenvalue weighted by Gasteiger charge is 2.11. The summed E-state index contributed by atoms with van der Waals surface area (Å²) in [5.74, 6) is 0. The number of nitrogens with two attached hydrogens (primary N) is 1. The molecule has 2 rings (SSSR count). The zero-order chi connectivity index (χ0) is 10.8. The van der Waals surface area contributed by atoms with Gasteiger partial charge < -0.3 is 10.8 Å². The largest absolute Gasteiger partial charge is 0.394 e. The molecule has 0 saturated heterocycles. The van der Waals surface area contributed by atoms with Crippen LogP contribution in [0.5, 0.6) is 0 Å². The summed E-state index contributed by atoms with van der Waals surface area (Å²) in [6.07, 6.45) is 0. The number of nitrogens with zero attached hydrogens (tertiary/aromatic N) is 1. The van der Waals surface area contributed by atoms with Gasteiger partial charge in [-0.2, -0.15) is 0 Å². The average Bonchev–Trinajstić information content (AvgIpc) is 2.27. The lowest BCUT2D eigenvalue weighted by Gasteiger charge is -2.10. The van der Waals surface area contributed by atoms with E-state index >= 15 is 0 Å². The molecule has 0 radical (unpaired) electrons. The number of halogens is 1. The van der Waals surface area contributed by atoms with Gasteiger partial charge in [0.25, 0.3) is 0 Å². The van der Waals surface area contributed by atoms with E-state index < -0.39 is 6.04 Å². The molecule has 0 fully saturated rings. The van der Waals surface area contributed by atoms with E-state index in [-0.39, 0.29) is 6.61 Å². The standard InChI is InChI=1S/C11H11ClN2O/c12-11-8(9(13)6-15)5-7-3-1-2-4-10(7)14-11/h1-5,9,15H,6,13H2. The van der Waals surface area contributed by atoms with Gasteiger partial charge >= 0.3 is 0 Å². The van der Waals surface area contributed by atoms with E-state index in [0.29, 0.717) is 10.7 Å². The third-order valence-electron chi connectivity index (χ3n) is 2.30. The average molecular weight is 223 g/mol. The molecule has 1 aromatic heterocycles. The van der Waals surface area contributed by atoms with Crippen molar-refractivity contribution in [2.45, 2.75) is 6.04 Å². The molecule has 3 N–H and O–H groups in total. The summed E-state index contributed by atoms with van der Waals surface area (Å²) in [4.78, 5) is 4.22. The minimum absolute atomic E-state index is 0.139. The van der Waals surface area contributed by atoms with Crippen molar-refractivity contribution in [2.75, 3.05) is 6.61 Å². The fraction of sp³-hybridized carbons (Fsp3) is 0.182. The Morgan fingerprint density at radius 2 is 2.13 bits per heavy atom. The second-order valence-electron chi connectivity index (χ2n) is 3.35. The fourth-order valence-electron chi connectivity index (χ4n) is 1.47. The lowest BCUT2D eigenvalue weighted by atomic mass is 10.1. The normalized spacial score (nSPS) is 13.0. The molecule has 1 atom stereocenters. The second kappa shape index (κ2) is 4.14. The summed E-state index contributed by atoms with van der Waals surface area (Å²) in [6.45, 7) is -0.139. The van der Waals surface area contributed by atoms with Crippen molar-refractivity contribution in [3.63, 3.8) is 0 Å². The minimum atomic E-state index is -0.477. The lowest BCUT2D eigenvalue weighted by Crippen LogP contribution is -2.15. The molecule has 1 aromatic carbocycles. The zero-order valence-corrected chi connectivity index (χ0v) is 8.78. The van der Waals surface area contributed by atoms with Crippen LogP contribution in [0.3, 0.4) is 0 Å². The Morgan fingerprint density at radius 3 is 2.87 bits per heavy atom. The van der Waals surface area contributed by atoms with E-state index in [1.807, 2.05) is 30.3 Å². The Hall–Kier alpha value is -1.16. The molecule has 2 aromatic rings. The van der Waals surface area contributed by atoms with Crippen molar-refractivity contribution in [3.05, 3.63) is 41.0 Å². The number of hydrogen-bond donors (Lipinski definition) is 2. The molecular formula is C11H11ClN2O. The summed E-state index contributed by atoms with van der Waals surface area (Å²) in [6, 6.07) is 9.03. The molecule has 0 bridgehead atoms. The number of aliphatic hydroxyl groups is 1. The van der Waals surface area contributed by atoms with E-state index in [0.717, 1.165) is 10.9 Å². The van der Waals surface area contributed by atoms with Crippen LogP contribution < -0.4 is 5.73 Å². The second-order valence-corrected chi connectivity index (χ2v) is 3.71. The Morgan fingerprint density at radius 1 is 1.40 bits per heavy atom. The molecule has 3 nitrogen and oxygen atoms in total. The molecule has 0 spiro atoms. The Bertz CT molecular complexity index is 487. The molecule has 1 unspecified atom stereocenters. The number of benzene rings is 1. The van der Waals surface area contributed by atoms with Gasteiger partial charge in [-0.1, -0.05) is 29.8 Å². The van der Waals surface area contributed by atoms with Crippen LogP contribution in [0.4, 0.5) is 0 Å². The number of para-hydroxylation sites is 1. The molecular weight excluding hydrogens is 212 g/mol. The van der Waals surface area contributed by atoms with E-state index in [2.05, 4.69) is 4.98 Å². The van der Waals surface area contributed by atoms with Gasteiger partial charge in [-0.3, -0.25) is 0 Å². The van der Waals surface area contributed by atoms with Crippen LogP contribution in [0.2, 0.25) is 5.15 Å². The van der Waals surface area contributed by atoms with Gasteiger partial charge in [0, 0.05) is 10.9 Å². The number of pyridine rings is 1. The summed E-state index contributed by atoms with van der Waals surface area (Å²) in [7, 11) is 0. The van der Waals surface area contributed by atoms with Crippen LogP contribution in [0.1, 0.15) is 11.6 Å². The van der Waals surface area contributed by atoms with E-state index in [1.165, 1.54) is 0 Å². The first-order valence-corrected chi connectivity index (χ1v) is 5.02. The monoisotopic (exact) mass is 222 g/mol. The number of hydrogen-bond acceptors (Lipinski definition) is 3. The van der Waals surface area contributed by atoms with Gasteiger partial charge in [0.2, 0.25) is 0 Å². The lowest BCUT2D eigenvalue weighted by molar-refractivity contribution is 0.268. The van der Waals surface area contributed by atoms with Gasteiger partial charge in [-0.25, -0.2) is 4.98 Å². The zero-order valence-electron chi connectivity index (χ0n) is 8.02. The highest BCUT2D eigenvalue weighted by Crippen LogP contribution is 2.24. The van der Waals surface area contributed by atoms with Crippen molar-refractivity contribution in [3.8, 4) is 0 Å². The third-order valence-corrected chi connectivity index (χ3v) is 2.60. The van der Waals surface area contributed by atoms with Crippen molar-refractivity contribution in [2.24, 2.45) is 5.73 Å². The third kappa shape index (κ3) is 1.95. The van der Waals surface area contributed by atoms with Crippen molar-refractivity contribution in [1.29, 1.82) is 0 Å². The molecule has 0 saturated carbocycles.